The number of hydrogen-bond acceptors (Lipinski definition) is 4. The molecule has 1 unspecified atom stereocenters. The SMILES string of the molecule is Cc1ccc(CN2CC(C(=O)Nc3cc(F)ccc3NC(=O)OC(C)(C)C)CC2=O)cc1. The maximum Gasteiger partial charge on any atom is 0.412 e. The molecule has 3 amide bonds. The van der Waals surface area contributed by atoms with E-state index in [0.29, 0.717) is 6.54 Å². The van der Waals surface area contributed by atoms with E-state index in [1.807, 2.05) is 31.2 Å². The average molecular weight is 442 g/mol. The molecule has 1 saturated heterocycles. The molecule has 1 aliphatic rings. The molecule has 3 rings (SSSR count). The number of amides is 3. The molecule has 0 bridgehead atoms. The predicted molar refractivity (Wildman–Crippen MR) is 120 cm³/mol. The van der Waals surface area contributed by atoms with E-state index in [2.05, 4.69) is 10.6 Å². The van der Waals surface area contributed by atoms with E-state index in [-0.39, 0.29) is 30.2 Å². The van der Waals surface area contributed by atoms with Crippen LogP contribution >= 0.6 is 0 Å². The lowest BCUT2D eigenvalue weighted by Gasteiger charge is -2.21. The summed E-state index contributed by atoms with van der Waals surface area (Å²) in [7, 11) is 0. The van der Waals surface area contributed by atoms with E-state index in [4.69, 9.17) is 4.74 Å². The standard InChI is InChI=1S/C24H28FN3O4/c1-15-5-7-16(8-6-15)13-28-14-17(11-21(28)29)22(30)26-20-12-18(25)9-10-19(20)27-23(31)32-24(2,3)4/h5-10,12,17H,11,13-14H2,1-4H3,(H,26,30)(H,27,31). The van der Waals surface area contributed by atoms with Crippen molar-refractivity contribution in [2.45, 2.75) is 46.3 Å². The van der Waals surface area contributed by atoms with Crippen LogP contribution in [-0.4, -0.2) is 35.0 Å². The zero-order chi connectivity index (χ0) is 23.5. The van der Waals surface area contributed by atoms with E-state index in [0.717, 1.165) is 17.2 Å². The Morgan fingerprint density at radius 1 is 1.09 bits per heavy atom. The highest BCUT2D eigenvalue weighted by atomic mass is 19.1. The van der Waals surface area contributed by atoms with Crippen molar-refractivity contribution in [1.29, 1.82) is 0 Å². The molecule has 2 aromatic rings. The summed E-state index contributed by atoms with van der Waals surface area (Å²) in [5.74, 6) is -1.68. The molecule has 2 aromatic carbocycles. The molecule has 170 valence electrons. The topological polar surface area (TPSA) is 87.7 Å². The van der Waals surface area contributed by atoms with Crippen molar-refractivity contribution >= 4 is 29.3 Å². The van der Waals surface area contributed by atoms with Crippen molar-refractivity contribution in [1.82, 2.24) is 4.90 Å². The monoisotopic (exact) mass is 441 g/mol. The highest BCUT2D eigenvalue weighted by Crippen LogP contribution is 2.27. The Bertz CT molecular complexity index is 1010. The predicted octanol–water partition coefficient (Wildman–Crippen LogP) is 4.47. The maximum atomic E-state index is 13.8. The third-order valence-electron chi connectivity index (χ3n) is 4.95. The van der Waals surface area contributed by atoms with Crippen LogP contribution in [0.5, 0.6) is 0 Å². The van der Waals surface area contributed by atoms with Gasteiger partial charge in [0, 0.05) is 19.5 Å². The third-order valence-corrected chi connectivity index (χ3v) is 4.95. The van der Waals surface area contributed by atoms with Crippen molar-refractivity contribution in [2.75, 3.05) is 17.2 Å². The van der Waals surface area contributed by atoms with Gasteiger partial charge in [-0.1, -0.05) is 29.8 Å². The fourth-order valence-electron chi connectivity index (χ4n) is 3.39. The molecule has 0 saturated carbocycles. The number of halogens is 1. The minimum Gasteiger partial charge on any atom is -0.444 e. The molecule has 1 heterocycles. The van der Waals surface area contributed by atoms with E-state index in [9.17, 15) is 18.8 Å². The van der Waals surface area contributed by atoms with Crippen LogP contribution in [-0.2, 0) is 20.9 Å². The number of nitrogens with one attached hydrogen (secondary N) is 2. The van der Waals surface area contributed by atoms with Crippen molar-refractivity contribution in [3.63, 3.8) is 0 Å². The van der Waals surface area contributed by atoms with Crippen LogP contribution in [0, 0.1) is 18.7 Å². The summed E-state index contributed by atoms with van der Waals surface area (Å²) in [5, 5.41) is 5.17. The molecule has 32 heavy (non-hydrogen) atoms. The van der Waals surface area contributed by atoms with Crippen molar-refractivity contribution in [2.24, 2.45) is 5.92 Å². The summed E-state index contributed by atoms with van der Waals surface area (Å²) in [6, 6.07) is 11.5. The number of nitrogens with zero attached hydrogens (tertiary/aromatic N) is 1. The van der Waals surface area contributed by atoms with Crippen LogP contribution in [0.1, 0.15) is 38.3 Å². The minimum atomic E-state index is -0.722. The molecule has 0 aromatic heterocycles. The normalized spacial score (nSPS) is 16.1. The smallest absolute Gasteiger partial charge is 0.412 e. The Labute approximate surface area is 186 Å². The Morgan fingerprint density at radius 3 is 2.44 bits per heavy atom. The third kappa shape index (κ3) is 6.29. The highest BCUT2D eigenvalue weighted by molar-refractivity contribution is 6.01. The average Bonchev–Trinajstić information content (AvgIpc) is 3.05. The van der Waals surface area contributed by atoms with Gasteiger partial charge in [-0.05, 0) is 51.5 Å². The van der Waals surface area contributed by atoms with Gasteiger partial charge in [0.25, 0.3) is 0 Å². The first-order valence-electron chi connectivity index (χ1n) is 10.4. The van der Waals surface area contributed by atoms with Gasteiger partial charge in [0.15, 0.2) is 0 Å². The van der Waals surface area contributed by atoms with Crippen LogP contribution in [0.2, 0.25) is 0 Å². The lowest BCUT2D eigenvalue weighted by molar-refractivity contribution is -0.128. The number of carbonyl (C=O) groups is 3. The van der Waals surface area contributed by atoms with Crippen LogP contribution < -0.4 is 10.6 Å². The number of aryl methyl sites for hydroxylation is 1. The second kappa shape index (κ2) is 9.38. The largest absolute Gasteiger partial charge is 0.444 e. The zero-order valence-corrected chi connectivity index (χ0v) is 18.7. The molecule has 0 aliphatic carbocycles. The van der Waals surface area contributed by atoms with Gasteiger partial charge in [0.1, 0.15) is 11.4 Å². The number of rotatable bonds is 5. The Kier molecular flexibility index (Phi) is 6.81. The van der Waals surface area contributed by atoms with Gasteiger partial charge in [0.2, 0.25) is 11.8 Å². The van der Waals surface area contributed by atoms with E-state index < -0.39 is 29.3 Å². The maximum absolute atomic E-state index is 13.8. The van der Waals surface area contributed by atoms with Crippen molar-refractivity contribution in [3.05, 3.63) is 59.4 Å². The first-order chi connectivity index (χ1) is 15.0. The Hall–Kier alpha value is -3.42. The quantitative estimate of drug-likeness (QED) is 0.717. The second-order valence-electron chi connectivity index (χ2n) is 8.97. The number of benzene rings is 2. The van der Waals surface area contributed by atoms with Crippen molar-refractivity contribution < 1.29 is 23.5 Å². The van der Waals surface area contributed by atoms with Gasteiger partial charge in [-0.2, -0.15) is 0 Å². The molecule has 1 atom stereocenters. The van der Waals surface area contributed by atoms with E-state index in [1.165, 1.54) is 12.1 Å². The molecule has 7 nitrogen and oxygen atoms in total. The van der Waals surface area contributed by atoms with Gasteiger partial charge in [-0.25, -0.2) is 9.18 Å². The van der Waals surface area contributed by atoms with Gasteiger partial charge in [-0.3, -0.25) is 14.9 Å². The Morgan fingerprint density at radius 2 is 1.78 bits per heavy atom. The minimum absolute atomic E-state index is 0.0713. The van der Waals surface area contributed by atoms with Crippen molar-refractivity contribution in [3.8, 4) is 0 Å². The lowest BCUT2D eigenvalue weighted by atomic mass is 10.1. The zero-order valence-electron chi connectivity index (χ0n) is 18.7. The summed E-state index contributed by atoms with van der Waals surface area (Å²) >= 11 is 0. The molecule has 0 radical (unpaired) electrons. The fraction of sp³-hybridized carbons (Fsp3) is 0.375. The Balaban J connectivity index is 1.66. The summed E-state index contributed by atoms with van der Waals surface area (Å²) in [6.07, 6.45) is -0.651. The molecule has 1 fully saturated rings. The number of ether oxygens (including phenoxy) is 1. The number of likely N-dealkylation sites (tertiary alicyclic amines) is 1. The summed E-state index contributed by atoms with van der Waals surface area (Å²) in [6.45, 7) is 7.85. The fourth-order valence-corrected chi connectivity index (χ4v) is 3.39. The van der Waals surface area contributed by atoms with Gasteiger partial charge >= 0.3 is 6.09 Å². The van der Waals surface area contributed by atoms with E-state index >= 15 is 0 Å². The van der Waals surface area contributed by atoms with Crippen LogP contribution in [0.25, 0.3) is 0 Å². The van der Waals surface area contributed by atoms with Crippen LogP contribution in [0.15, 0.2) is 42.5 Å². The number of hydrogen-bond donors (Lipinski definition) is 2. The molecular weight excluding hydrogens is 413 g/mol. The molecule has 1 aliphatic heterocycles. The lowest BCUT2D eigenvalue weighted by Crippen LogP contribution is -2.29. The first-order valence-corrected chi connectivity index (χ1v) is 10.4. The second-order valence-corrected chi connectivity index (χ2v) is 8.97. The number of anilines is 2. The summed E-state index contributed by atoms with van der Waals surface area (Å²) in [5.41, 5.74) is 1.71. The summed E-state index contributed by atoms with van der Waals surface area (Å²) < 4.78 is 19.0. The van der Waals surface area contributed by atoms with Gasteiger partial charge in [0.05, 0.1) is 17.3 Å². The molecule has 8 heteroatoms. The van der Waals surface area contributed by atoms with Crippen LogP contribution in [0.3, 0.4) is 0 Å². The molecular formula is C24H28FN3O4. The number of carbonyl (C=O) groups excluding carboxylic acids is 3. The van der Waals surface area contributed by atoms with Gasteiger partial charge < -0.3 is 15.0 Å². The van der Waals surface area contributed by atoms with Gasteiger partial charge in [-0.15, -0.1) is 0 Å². The molecule has 2 N–H and O–H groups in total. The highest BCUT2D eigenvalue weighted by Gasteiger charge is 2.34. The first kappa shape index (κ1) is 23.2. The molecule has 0 spiro atoms. The van der Waals surface area contributed by atoms with E-state index in [1.54, 1.807) is 25.7 Å². The van der Waals surface area contributed by atoms with Crippen LogP contribution in [0.4, 0.5) is 20.6 Å². The summed E-state index contributed by atoms with van der Waals surface area (Å²) in [4.78, 5) is 39.0.